The number of unbranched alkanes of at least 4 members (excludes halogenated alkanes) is 2. The molecule has 6 heteroatoms. The molecular weight excluding hydrogens is 298 g/mol. The molecule has 0 aromatic heterocycles. The Morgan fingerprint density at radius 3 is 2.09 bits per heavy atom. The molecule has 0 fully saturated rings. The highest BCUT2D eigenvalue weighted by molar-refractivity contribution is 6.36. The summed E-state index contributed by atoms with van der Waals surface area (Å²) < 4.78 is 4.76. The molecule has 130 valence electrons. The topological polar surface area (TPSA) is 89.5 Å². The summed E-state index contributed by atoms with van der Waals surface area (Å²) in [5.41, 5.74) is 0.545. The molecule has 0 aliphatic carbocycles. The van der Waals surface area contributed by atoms with Gasteiger partial charge in [-0.3, -0.25) is 19.2 Å². The van der Waals surface area contributed by atoms with E-state index in [1.165, 1.54) is 0 Å². The van der Waals surface area contributed by atoms with Crippen LogP contribution in [0.25, 0.3) is 0 Å². The minimum absolute atomic E-state index is 0.0377. The van der Waals surface area contributed by atoms with Gasteiger partial charge < -0.3 is 10.1 Å². The molecule has 0 atom stereocenters. The molecule has 0 aliphatic rings. The van der Waals surface area contributed by atoms with Crippen molar-refractivity contribution >= 4 is 23.4 Å². The first-order valence-electron chi connectivity index (χ1n) is 8.03. The summed E-state index contributed by atoms with van der Waals surface area (Å²) in [6.45, 7) is 7.59. The van der Waals surface area contributed by atoms with Gasteiger partial charge in [-0.2, -0.15) is 0 Å². The fourth-order valence-corrected chi connectivity index (χ4v) is 1.84. The zero-order chi connectivity index (χ0) is 17.7. The lowest BCUT2D eigenvalue weighted by Crippen LogP contribution is -2.31. The van der Waals surface area contributed by atoms with E-state index in [4.69, 9.17) is 4.74 Å². The summed E-state index contributed by atoms with van der Waals surface area (Å²) in [6.07, 6.45) is 3.27. The van der Waals surface area contributed by atoms with Crippen LogP contribution in [0.2, 0.25) is 0 Å². The van der Waals surface area contributed by atoms with Gasteiger partial charge in [-0.25, -0.2) is 0 Å². The lowest BCUT2D eigenvalue weighted by molar-refractivity contribution is -0.143. The molecule has 1 amide bonds. The van der Waals surface area contributed by atoms with Gasteiger partial charge in [-0.15, -0.1) is 0 Å². The Morgan fingerprint density at radius 2 is 1.52 bits per heavy atom. The summed E-state index contributed by atoms with van der Waals surface area (Å²) in [5, 5.41) is 2.49. The summed E-state index contributed by atoms with van der Waals surface area (Å²) >= 11 is 0. The van der Waals surface area contributed by atoms with E-state index in [0.29, 0.717) is 37.9 Å². The fraction of sp³-hybridized carbons (Fsp3) is 0.647. The van der Waals surface area contributed by atoms with Crippen molar-refractivity contribution in [1.82, 2.24) is 5.32 Å². The molecule has 0 aromatic rings. The van der Waals surface area contributed by atoms with Crippen molar-refractivity contribution in [2.45, 2.75) is 58.8 Å². The highest BCUT2D eigenvalue weighted by Crippen LogP contribution is 2.07. The van der Waals surface area contributed by atoms with E-state index in [0.717, 1.165) is 6.42 Å². The minimum atomic E-state index is -0.619. The van der Waals surface area contributed by atoms with Crippen molar-refractivity contribution in [2.75, 3.05) is 13.2 Å². The maximum Gasteiger partial charge on any atom is 0.305 e. The van der Waals surface area contributed by atoms with E-state index in [1.54, 1.807) is 13.8 Å². The van der Waals surface area contributed by atoms with Crippen LogP contribution < -0.4 is 5.32 Å². The first-order valence-corrected chi connectivity index (χ1v) is 8.03. The Morgan fingerprint density at radius 1 is 0.913 bits per heavy atom. The Balaban J connectivity index is 3.67. The molecule has 0 rings (SSSR count). The molecule has 0 heterocycles. The van der Waals surface area contributed by atoms with Crippen LogP contribution >= 0.6 is 0 Å². The van der Waals surface area contributed by atoms with Gasteiger partial charge in [0.1, 0.15) is 0 Å². The molecule has 0 aliphatic heterocycles. The number of amides is 1. The fourth-order valence-electron chi connectivity index (χ4n) is 1.84. The van der Waals surface area contributed by atoms with Crippen LogP contribution in [0.3, 0.4) is 0 Å². The molecule has 23 heavy (non-hydrogen) atoms. The van der Waals surface area contributed by atoms with Crippen molar-refractivity contribution in [1.29, 1.82) is 0 Å². The summed E-state index contributed by atoms with van der Waals surface area (Å²) in [4.78, 5) is 45.5. The largest absolute Gasteiger partial charge is 0.466 e. The summed E-state index contributed by atoms with van der Waals surface area (Å²) in [5.74, 6) is -1.35. The number of allylic oxidation sites excluding steroid dienone is 1. The average molecular weight is 325 g/mol. The number of esters is 1. The lowest BCUT2D eigenvalue weighted by Gasteiger charge is -2.05. The van der Waals surface area contributed by atoms with Crippen LogP contribution in [-0.2, 0) is 23.9 Å². The van der Waals surface area contributed by atoms with Gasteiger partial charge in [-0.05, 0) is 38.7 Å². The third kappa shape index (κ3) is 11.3. The number of rotatable bonds is 13. The standard InChI is InChI=1S/C17H27NO5/c1-4-23-16(21)11-8-12-18-17(22)15(20)10-7-5-6-9-14(19)13(2)3/h2,4-12H2,1,3H3,(H,18,22). The van der Waals surface area contributed by atoms with Crippen LogP contribution in [0, 0.1) is 0 Å². The highest BCUT2D eigenvalue weighted by Gasteiger charge is 2.12. The summed E-state index contributed by atoms with van der Waals surface area (Å²) in [6, 6.07) is 0. The predicted octanol–water partition coefficient (Wildman–Crippen LogP) is 2.11. The average Bonchev–Trinajstić information content (AvgIpc) is 2.50. The highest BCUT2D eigenvalue weighted by atomic mass is 16.5. The molecule has 0 spiro atoms. The van der Waals surface area contributed by atoms with Gasteiger partial charge in [0.05, 0.1) is 6.61 Å². The normalized spacial score (nSPS) is 10.0. The van der Waals surface area contributed by atoms with Gasteiger partial charge >= 0.3 is 5.97 Å². The molecule has 0 unspecified atom stereocenters. The van der Waals surface area contributed by atoms with Gasteiger partial charge in [0.2, 0.25) is 5.78 Å². The molecule has 6 nitrogen and oxygen atoms in total. The van der Waals surface area contributed by atoms with Crippen molar-refractivity contribution in [2.24, 2.45) is 0 Å². The SMILES string of the molecule is C=C(C)C(=O)CCCCCC(=O)C(=O)NCCCC(=O)OCC. The Bertz CT molecular complexity index is 442. The zero-order valence-corrected chi connectivity index (χ0v) is 14.1. The number of ketones is 2. The van der Waals surface area contributed by atoms with Gasteiger partial charge in [0, 0.05) is 25.8 Å². The van der Waals surface area contributed by atoms with Crippen LogP contribution in [0.15, 0.2) is 12.2 Å². The van der Waals surface area contributed by atoms with Crippen molar-refractivity contribution in [3.63, 3.8) is 0 Å². The van der Waals surface area contributed by atoms with Crippen molar-refractivity contribution < 1.29 is 23.9 Å². The number of nitrogens with one attached hydrogen (secondary N) is 1. The van der Waals surface area contributed by atoms with Gasteiger partial charge in [0.25, 0.3) is 5.91 Å². The molecule has 1 N–H and O–H groups in total. The van der Waals surface area contributed by atoms with E-state index < -0.39 is 11.7 Å². The number of carbonyl (C=O) groups excluding carboxylic acids is 4. The van der Waals surface area contributed by atoms with Gasteiger partial charge in [-0.1, -0.05) is 13.0 Å². The van der Waals surface area contributed by atoms with E-state index >= 15 is 0 Å². The van der Waals surface area contributed by atoms with E-state index in [1.807, 2.05) is 0 Å². The van der Waals surface area contributed by atoms with E-state index in [2.05, 4.69) is 11.9 Å². The number of hydrogen-bond donors (Lipinski definition) is 1. The van der Waals surface area contributed by atoms with Crippen LogP contribution in [0.5, 0.6) is 0 Å². The molecule has 0 radical (unpaired) electrons. The van der Waals surface area contributed by atoms with Crippen LogP contribution in [0.1, 0.15) is 58.8 Å². The Labute approximate surface area is 137 Å². The smallest absolute Gasteiger partial charge is 0.305 e. The van der Waals surface area contributed by atoms with Crippen molar-refractivity contribution in [3.8, 4) is 0 Å². The maximum atomic E-state index is 11.6. The quantitative estimate of drug-likeness (QED) is 0.242. The van der Waals surface area contributed by atoms with E-state index in [9.17, 15) is 19.2 Å². The minimum Gasteiger partial charge on any atom is -0.466 e. The third-order valence-electron chi connectivity index (χ3n) is 3.19. The number of ether oxygens (including phenoxy) is 1. The van der Waals surface area contributed by atoms with Gasteiger partial charge in [0.15, 0.2) is 5.78 Å². The van der Waals surface area contributed by atoms with Crippen molar-refractivity contribution in [3.05, 3.63) is 12.2 Å². The second kappa shape index (κ2) is 12.6. The van der Waals surface area contributed by atoms with Crippen LogP contribution in [-0.4, -0.2) is 36.6 Å². The predicted molar refractivity (Wildman–Crippen MR) is 86.8 cm³/mol. The summed E-state index contributed by atoms with van der Waals surface area (Å²) in [7, 11) is 0. The van der Waals surface area contributed by atoms with E-state index in [-0.39, 0.29) is 31.1 Å². The first-order chi connectivity index (χ1) is 10.9. The molecule has 0 saturated heterocycles. The monoisotopic (exact) mass is 325 g/mol. The Hall–Kier alpha value is -1.98. The number of Topliss-reactive ketones (excluding diaryl/α,β-unsaturated/α-hetero) is 2. The Kier molecular flexibility index (Phi) is 11.5. The van der Waals surface area contributed by atoms with Crippen LogP contribution in [0.4, 0.5) is 0 Å². The maximum absolute atomic E-state index is 11.6. The number of carbonyl (C=O) groups is 4. The second-order valence-corrected chi connectivity index (χ2v) is 5.35. The molecular formula is C17H27NO5. The third-order valence-corrected chi connectivity index (χ3v) is 3.19. The zero-order valence-electron chi connectivity index (χ0n) is 14.1. The number of hydrogen-bond acceptors (Lipinski definition) is 5. The lowest BCUT2D eigenvalue weighted by atomic mass is 10.1. The second-order valence-electron chi connectivity index (χ2n) is 5.35. The molecule has 0 aromatic carbocycles. The molecule has 0 saturated carbocycles. The molecule has 0 bridgehead atoms. The first kappa shape index (κ1) is 21.0.